The number of furan rings is 1. The van der Waals surface area contributed by atoms with Crippen molar-refractivity contribution in [2.75, 3.05) is 0 Å². The molecule has 1 aromatic heterocycles. The van der Waals surface area contributed by atoms with Crippen LogP contribution in [-0.2, 0) is 11.3 Å². The Labute approximate surface area is 135 Å². The van der Waals surface area contributed by atoms with Gasteiger partial charge in [0.15, 0.2) is 6.10 Å². The van der Waals surface area contributed by atoms with E-state index in [9.17, 15) is 4.79 Å². The van der Waals surface area contributed by atoms with Crippen LogP contribution < -0.4 is 10.1 Å². The molecule has 4 nitrogen and oxygen atoms in total. The van der Waals surface area contributed by atoms with E-state index in [2.05, 4.69) is 5.32 Å². The van der Waals surface area contributed by atoms with Gasteiger partial charge in [-0.3, -0.25) is 4.79 Å². The van der Waals surface area contributed by atoms with E-state index >= 15 is 0 Å². The number of benzene rings is 1. The lowest BCUT2D eigenvalue weighted by Crippen LogP contribution is -2.36. The zero-order valence-electron chi connectivity index (χ0n) is 13.2. The zero-order chi connectivity index (χ0) is 16.3. The highest BCUT2D eigenvalue weighted by Gasteiger charge is 2.16. The van der Waals surface area contributed by atoms with Crippen molar-refractivity contribution in [3.63, 3.8) is 0 Å². The molecule has 0 aliphatic heterocycles. The van der Waals surface area contributed by atoms with Gasteiger partial charge in [0.25, 0.3) is 5.91 Å². The fraction of sp³-hybridized carbons (Fsp3) is 0.353. The molecule has 0 aliphatic carbocycles. The van der Waals surface area contributed by atoms with E-state index in [-0.39, 0.29) is 5.91 Å². The summed E-state index contributed by atoms with van der Waals surface area (Å²) < 4.78 is 11.1. The maximum Gasteiger partial charge on any atom is 0.261 e. The molecule has 1 aromatic carbocycles. The summed E-state index contributed by atoms with van der Waals surface area (Å²) in [7, 11) is 0. The van der Waals surface area contributed by atoms with Gasteiger partial charge in [0.1, 0.15) is 17.3 Å². The predicted octanol–water partition coefficient (Wildman–Crippen LogP) is 3.94. The molecule has 0 bridgehead atoms. The van der Waals surface area contributed by atoms with Gasteiger partial charge in [-0.1, -0.05) is 11.6 Å². The Bertz CT molecular complexity index is 679. The number of hydrogen-bond acceptors (Lipinski definition) is 3. The smallest absolute Gasteiger partial charge is 0.261 e. The number of hydrogen-bond donors (Lipinski definition) is 1. The number of carbonyl (C=O) groups excluding carboxylic acids is 1. The summed E-state index contributed by atoms with van der Waals surface area (Å²) in [5, 5.41) is 3.50. The monoisotopic (exact) mass is 321 g/mol. The normalized spacial score (nSPS) is 12.0. The van der Waals surface area contributed by atoms with E-state index < -0.39 is 6.10 Å². The Morgan fingerprint density at radius 1 is 1.32 bits per heavy atom. The molecular weight excluding hydrogens is 302 g/mol. The van der Waals surface area contributed by atoms with Crippen LogP contribution in [0.2, 0.25) is 5.02 Å². The lowest BCUT2D eigenvalue weighted by Gasteiger charge is -2.16. The minimum atomic E-state index is -0.590. The Hall–Kier alpha value is -1.94. The van der Waals surface area contributed by atoms with Crippen LogP contribution in [0.25, 0.3) is 0 Å². The first-order valence-corrected chi connectivity index (χ1v) is 7.51. The summed E-state index contributed by atoms with van der Waals surface area (Å²) in [5.74, 6) is 2.14. The topological polar surface area (TPSA) is 51.5 Å². The van der Waals surface area contributed by atoms with Gasteiger partial charge >= 0.3 is 0 Å². The SMILES string of the molecule is Cc1cc(CNC(=O)C(C)Oc2ccc(Cl)cc2C)c(C)o1. The summed E-state index contributed by atoms with van der Waals surface area (Å²) >= 11 is 5.91. The van der Waals surface area contributed by atoms with Gasteiger partial charge in [-0.2, -0.15) is 0 Å². The molecule has 0 spiro atoms. The number of halogens is 1. The molecule has 1 heterocycles. The predicted molar refractivity (Wildman–Crippen MR) is 86.3 cm³/mol. The number of rotatable bonds is 5. The van der Waals surface area contributed by atoms with Crippen LogP contribution >= 0.6 is 11.6 Å². The molecule has 0 saturated carbocycles. The highest BCUT2D eigenvalue weighted by atomic mass is 35.5. The molecule has 2 aromatic rings. The van der Waals surface area contributed by atoms with Gasteiger partial charge < -0.3 is 14.5 Å². The second-order valence-electron chi connectivity index (χ2n) is 5.33. The van der Waals surface area contributed by atoms with Gasteiger partial charge in [-0.25, -0.2) is 0 Å². The lowest BCUT2D eigenvalue weighted by atomic mass is 10.2. The number of amides is 1. The van der Waals surface area contributed by atoms with Crippen molar-refractivity contribution in [1.82, 2.24) is 5.32 Å². The fourth-order valence-electron chi connectivity index (χ4n) is 2.17. The number of ether oxygens (including phenoxy) is 1. The molecule has 0 aliphatic rings. The second-order valence-corrected chi connectivity index (χ2v) is 5.76. The van der Waals surface area contributed by atoms with E-state index in [4.69, 9.17) is 20.8 Å². The van der Waals surface area contributed by atoms with E-state index in [1.807, 2.05) is 26.8 Å². The van der Waals surface area contributed by atoms with Crippen LogP contribution in [0.1, 0.15) is 29.6 Å². The Kier molecular flexibility index (Phi) is 5.14. The first-order valence-electron chi connectivity index (χ1n) is 7.13. The average Bonchev–Trinajstić information content (AvgIpc) is 2.77. The van der Waals surface area contributed by atoms with Gasteiger partial charge in [-0.15, -0.1) is 0 Å². The van der Waals surface area contributed by atoms with Gasteiger partial charge in [0, 0.05) is 17.1 Å². The van der Waals surface area contributed by atoms with Gasteiger partial charge in [0.2, 0.25) is 0 Å². The summed E-state index contributed by atoms with van der Waals surface area (Å²) in [5.41, 5.74) is 1.87. The van der Waals surface area contributed by atoms with Crippen molar-refractivity contribution in [2.24, 2.45) is 0 Å². The molecule has 1 N–H and O–H groups in total. The van der Waals surface area contributed by atoms with Crippen molar-refractivity contribution in [3.8, 4) is 5.75 Å². The van der Waals surface area contributed by atoms with Gasteiger partial charge in [0.05, 0.1) is 0 Å². The fourth-order valence-corrected chi connectivity index (χ4v) is 2.40. The van der Waals surface area contributed by atoms with Crippen LogP contribution in [0.4, 0.5) is 0 Å². The summed E-state index contributed by atoms with van der Waals surface area (Å²) in [6.07, 6.45) is -0.590. The Balaban J connectivity index is 1.93. The van der Waals surface area contributed by atoms with Gasteiger partial charge in [-0.05, 0) is 57.5 Å². The van der Waals surface area contributed by atoms with E-state index in [0.717, 1.165) is 22.6 Å². The summed E-state index contributed by atoms with van der Waals surface area (Å²) in [4.78, 5) is 12.1. The summed E-state index contributed by atoms with van der Waals surface area (Å²) in [6.45, 7) is 7.80. The Morgan fingerprint density at radius 3 is 2.64 bits per heavy atom. The minimum Gasteiger partial charge on any atom is -0.481 e. The van der Waals surface area contributed by atoms with Crippen LogP contribution in [-0.4, -0.2) is 12.0 Å². The average molecular weight is 322 g/mol. The molecule has 0 saturated heterocycles. The zero-order valence-corrected chi connectivity index (χ0v) is 14.0. The number of aryl methyl sites for hydroxylation is 3. The molecule has 0 fully saturated rings. The molecule has 5 heteroatoms. The summed E-state index contributed by atoms with van der Waals surface area (Å²) in [6, 6.07) is 7.24. The third-order valence-electron chi connectivity index (χ3n) is 3.41. The molecule has 0 radical (unpaired) electrons. The van der Waals surface area contributed by atoms with E-state index in [1.54, 1.807) is 25.1 Å². The van der Waals surface area contributed by atoms with Crippen LogP contribution in [0.3, 0.4) is 0 Å². The van der Waals surface area contributed by atoms with Crippen LogP contribution in [0.15, 0.2) is 28.7 Å². The van der Waals surface area contributed by atoms with Crippen LogP contribution in [0, 0.1) is 20.8 Å². The molecule has 118 valence electrons. The molecule has 1 atom stereocenters. The lowest BCUT2D eigenvalue weighted by molar-refractivity contribution is -0.127. The third kappa shape index (κ3) is 4.04. The molecular formula is C17H20ClNO3. The number of carbonyl (C=O) groups is 1. The van der Waals surface area contributed by atoms with Crippen LogP contribution in [0.5, 0.6) is 5.75 Å². The van der Waals surface area contributed by atoms with E-state index in [1.165, 1.54) is 0 Å². The van der Waals surface area contributed by atoms with Crippen molar-refractivity contribution in [3.05, 3.63) is 51.9 Å². The quantitative estimate of drug-likeness (QED) is 0.907. The third-order valence-corrected chi connectivity index (χ3v) is 3.64. The highest BCUT2D eigenvalue weighted by Crippen LogP contribution is 2.22. The molecule has 22 heavy (non-hydrogen) atoms. The minimum absolute atomic E-state index is 0.174. The molecule has 1 unspecified atom stereocenters. The largest absolute Gasteiger partial charge is 0.481 e. The van der Waals surface area contributed by atoms with Crippen molar-refractivity contribution in [1.29, 1.82) is 0 Å². The molecule has 1 amide bonds. The second kappa shape index (κ2) is 6.88. The van der Waals surface area contributed by atoms with E-state index in [0.29, 0.717) is 17.3 Å². The van der Waals surface area contributed by atoms with Crippen molar-refractivity contribution >= 4 is 17.5 Å². The maximum atomic E-state index is 12.1. The highest BCUT2D eigenvalue weighted by molar-refractivity contribution is 6.30. The standard InChI is InChI=1S/C17H20ClNO3/c1-10-7-15(18)5-6-16(10)22-13(4)17(20)19-9-14-8-11(2)21-12(14)3/h5-8,13H,9H2,1-4H3,(H,19,20). The van der Waals surface area contributed by atoms with Crippen molar-refractivity contribution < 1.29 is 13.9 Å². The van der Waals surface area contributed by atoms with Crippen molar-refractivity contribution in [2.45, 2.75) is 40.3 Å². The molecule has 2 rings (SSSR count). The number of nitrogens with one attached hydrogen (secondary N) is 1. The Morgan fingerprint density at radius 2 is 2.05 bits per heavy atom. The maximum absolute atomic E-state index is 12.1. The first-order chi connectivity index (χ1) is 10.4. The first kappa shape index (κ1) is 16.4.